The van der Waals surface area contributed by atoms with Gasteiger partial charge >= 0.3 is 0 Å². The summed E-state index contributed by atoms with van der Waals surface area (Å²) in [6.07, 6.45) is 13.8. The van der Waals surface area contributed by atoms with Gasteiger partial charge in [0.15, 0.2) is 5.76 Å². The van der Waals surface area contributed by atoms with Crippen molar-refractivity contribution in [3.8, 4) is 5.75 Å². The Labute approximate surface area is 184 Å². The van der Waals surface area contributed by atoms with E-state index in [4.69, 9.17) is 4.42 Å². The van der Waals surface area contributed by atoms with Crippen molar-refractivity contribution in [2.24, 2.45) is 0 Å². The van der Waals surface area contributed by atoms with Crippen LogP contribution in [0.25, 0.3) is 10.9 Å². The molecule has 0 aliphatic heterocycles. The van der Waals surface area contributed by atoms with E-state index in [-0.39, 0.29) is 29.8 Å². The Morgan fingerprint density at radius 1 is 1.00 bits per heavy atom. The van der Waals surface area contributed by atoms with E-state index >= 15 is 0 Å². The van der Waals surface area contributed by atoms with Crippen LogP contribution >= 0.6 is 0 Å². The first kappa shape index (κ1) is 23.1. The molecule has 1 aromatic carbocycles. The summed E-state index contributed by atoms with van der Waals surface area (Å²) < 4.78 is 5.79. The Hall–Kier alpha value is -2.53. The summed E-state index contributed by atoms with van der Waals surface area (Å²) in [5.41, 5.74) is 1.50. The van der Waals surface area contributed by atoms with Gasteiger partial charge in [0.05, 0.1) is 0 Å². The van der Waals surface area contributed by atoms with E-state index < -0.39 is 5.43 Å². The van der Waals surface area contributed by atoms with Gasteiger partial charge in [-0.05, 0) is 18.1 Å². The van der Waals surface area contributed by atoms with Crippen LogP contribution in [-0.2, 0) is 6.61 Å². The summed E-state index contributed by atoms with van der Waals surface area (Å²) in [7, 11) is 0. The molecule has 0 fully saturated rings. The van der Waals surface area contributed by atoms with Gasteiger partial charge < -0.3 is 19.6 Å². The molecule has 0 radical (unpaired) electrons. The number of aromatic hydroxyl groups is 1. The number of H-pyrrole nitrogens is 1. The Morgan fingerprint density at radius 2 is 1.68 bits per heavy atom. The van der Waals surface area contributed by atoms with E-state index in [0.717, 1.165) is 41.8 Å². The fraction of sp³-hybridized carbons (Fsp3) is 0.500. The number of fused-ring (bicyclic) bond motifs is 1. The lowest BCUT2D eigenvalue weighted by Gasteiger charge is -2.17. The Balaban J connectivity index is 1.74. The third-order valence-corrected chi connectivity index (χ3v) is 6.07. The maximum atomic E-state index is 12.3. The molecule has 2 heterocycles. The van der Waals surface area contributed by atoms with E-state index in [0.29, 0.717) is 0 Å². The maximum Gasteiger partial charge on any atom is 0.227 e. The van der Waals surface area contributed by atoms with Gasteiger partial charge in [0.1, 0.15) is 12.4 Å². The fourth-order valence-electron chi connectivity index (χ4n) is 4.34. The molecule has 0 aliphatic carbocycles. The van der Waals surface area contributed by atoms with Crippen molar-refractivity contribution in [3.63, 3.8) is 0 Å². The summed E-state index contributed by atoms with van der Waals surface area (Å²) in [6.45, 7) is 1.86. The number of benzene rings is 1. The number of unbranched alkanes of at least 4 members (excludes halogenated alkanes) is 8. The maximum absolute atomic E-state index is 12.3. The van der Waals surface area contributed by atoms with E-state index in [2.05, 4.69) is 11.9 Å². The van der Waals surface area contributed by atoms with Gasteiger partial charge in [0.2, 0.25) is 11.2 Å². The number of aromatic amines is 1. The molecule has 0 saturated carbocycles. The summed E-state index contributed by atoms with van der Waals surface area (Å²) >= 11 is 0. The molecule has 2 aromatic heterocycles. The molecule has 0 spiro atoms. The summed E-state index contributed by atoms with van der Waals surface area (Å²) in [5, 5.41) is 21.1. The average Bonchev–Trinajstić information content (AvgIpc) is 3.21. The van der Waals surface area contributed by atoms with Gasteiger partial charge in [0, 0.05) is 29.1 Å². The van der Waals surface area contributed by atoms with Gasteiger partial charge in [-0.3, -0.25) is 4.79 Å². The number of aliphatic hydroxyl groups is 1. The molecule has 0 amide bonds. The molecule has 31 heavy (non-hydrogen) atoms. The van der Waals surface area contributed by atoms with Crippen molar-refractivity contribution >= 4 is 10.9 Å². The Bertz CT molecular complexity index is 1000. The largest absolute Gasteiger partial charge is 0.502 e. The second-order valence-electron chi connectivity index (χ2n) is 8.41. The molecule has 3 rings (SSSR count). The molecule has 3 N–H and O–H groups in total. The van der Waals surface area contributed by atoms with Crippen LogP contribution in [0.3, 0.4) is 0 Å². The van der Waals surface area contributed by atoms with Crippen LogP contribution in [0.5, 0.6) is 5.75 Å². The third kappa shape index (κ3) is 6.01. The molecule has 0 bridgehead atoms. The van der Waals surface area contributed by atoms with Crippen LogP contribution in [0.1, 0.15) is 94.1 Å². The molecule has 168 valence electrons. The first-order valence-electron chi connectivity index (χ1n) is 11.7. The Morgan fingerprint density at radius 3 is 2.39 bits per heavy atom. The van der Waals surface area contributed by atoms with Gasteiger partial charge in [-0.1, -0.05) is 82.9 Å². The van der Waals surface area contributed by atoms with Crippen LogP contribution in [0.15, 0.2) is 45.7 Å². The minimum absolute atomic E-state index is 0.176. The predicted octanol–water partition coefficient (Wildman–Crippen LogP) is 6.37. The van der Waals surface area contributed by atoms with Crippen LogP contribution in [0.2, 0.25) is 0 Å². The highest BCUT2D eigenvalue weighted by atomic mass is 16.4. The van der Waals surface area contributed by atoms with E-state index in [1.165, 1.54) is 44.9 Å². The topological polar surface area (TPSA) is 86.5 Å². The van der Waals surface area contributed by atoms with Crippen molar-refractivity contribution < 1.29 is 14.6 Å². The average molecular weight is 426 g/mol. The summed E-state index contributed by atoms with van der Waals surface area (Å²) in [6, 6.07) is 9.16. The number of aliphatic hydroxyl groups excluding tert-OH is 1. The van der Waals surface area contributed by atoms with Crippen molar-refractivity contribution in [2.45, 2.75) is 83.7 Å². The Kier molecular flexibility index (Phi) is 8.77. The molecule has 1 atom stereocenters. The van der Waals surface area contributed by atoms with E-state index in [1.807, 2.05) is 30.5 Å². The number of rotatable bonds is 13. The van der Waals surface area contributed by atoms with Crippen LogP contribution in [-0.4, -0.2) is 15.2 Å². The first-order chi connectivity index (χ1) is 15.2. The lowest BCUT2D eigenvalue weighted by Crippen LogP contribution is -2.10. The molecule has 3 aromatic rings. The number of para-hydroxylation sites is 1. The van der Waals surface area contributed by atoms with Crippen molar-refractivity contribution in [1.29, 1.82) is 0 Å². The van der Waals surface area contributed by atoms with Gasteiger partial charge in [-0.15, -0.1) is 0 Å². The summed E-state index contributed by atoms with van der Waals surface area (Å²) in [5.74, 6) is -0.182. The number of hydrogen-bond donors (Lipinski definition) is 3. The quantitative estimate of drug-likeness (QED) is 0.278. The van der Waals surface area contributed by atoms with Crippen LogP contribution < -0.4 is 5.43 Å². The molecule has 5 heteroatoms. The highest BCUT2D eigenvalue weighted by molar-refractivity contribution is 5.84. The lowest BCUT2D eigenvalue weighted by molar-refractivity contribution is 0.232. The van der Waals surface area contributed by atoms with Crippen LogP contribution in [0, 0.1) is 0 Å². The van der Waals surface area contributed by atoms with Crippen molar-refractivity contribution in [3.05, 3.63) is 63.8 Å². The van der Waals surface area contributed by atoms with Crippen LogP contribution in [0.4, 0.5) is 0 Å². The minimum atomic E-state index is -0.512. The van der Waals surface area contributed by atoms with Gasteiger partial charge in [-0.2, -0.15) is 0 Å². The van der Waals surface area contributed by atoms with E-state index in [1.54, 1.807) is 0 Å². The SMILES string of the molecule is CCCCCCCCCCCC(c1oc(CO)cc(=O)c1O)c1c[nH]c2ccccc12. The third-order valence-electron chi connectivity index (χ3n) is 6.07. The zero-order chi connectivity index (χ0) is 22.1. The molecular formula is C26H35NO4. The molecule has 5 nitrogen and oxygen atoms in total. The van der Waals surface area contributed by atoms with Gasteiger partial charge in [0.25, 0.3) is 0 Å². The van der Waals surface area contributed by atoms with Crippen molar-refractivity contribution in [2.75, 3.05) is 0 Å². The first-order valence-corrected chi connectivity index (χ1v) is 11.7. The van der Waals surface area contributed by atoms with Gasteiger partial charge in [-0.25, -0.2) is 0 Å². The number of hydrogen-bond acceptors (Lipinski definition) is 4. The smallest absolute Gasteiger partial charge is 0.227 e. The normalized spacial score (nSPS) is 12.5. The second-order valence-corrected chi connectivity index (χ2v) is 8.41. The predicted molar refractivity (Wildman–Crippen MR) is 125 cm³/mol. The minimum Gasteiger partial charge on any atom is -0.502 e. The fourth-order valence-corrected chi connectivity index (χ4v) is 4.34. The van der Waals surface area contributed by atoms with Crippen molar-refractivity contribution in [1.82, 2.24) is 4.98 Å². The second kappa shape index (κ2) is 11.8. The molecule has 0 saturated heterocycles. The molecule has 1 unspecified atom stereocenters. The zero-order valence-electron chi connectivity index (χ0n) is 18.5. The monoisotopic (exact) mass is 425 g/mol. The molecule has 0 aliphatic rings. The lowest BCUT2D eigenvalue weighted by atomic mass is 9.89. The number of aromatic nitrogens is 1. The zero-order valence-corrected chi connectivity index (χ0v) is 18.5. The summed E-state index contributed by atoms with van der Waals surface area (Å²) in [4.78, 5) is 15.5. The van der Waals surface area contributed by atoms with E-state index in [9.17, 15) is 15.0 Å². The standard InChI is InChI=1S/C26H35NO4/c1-2-3-4-5-6-7-8-9-10-14-21(22-17-27-23-15-12-11-13-20(22)23)26-25(30)24(29)16-19(18-28)31-26/h11-13,15-17,21,27-28,30H,2-10,14,18H2,1H3. The molecular weight excluding hydrogens is 390 g/mol. The highest BCUT2D eigenvalue weighted by Crippen LogP contribution is 2.38. The highest BCUT2D eigenvalue weighted by Gasteiger charge is 2.25. The number of nitrogens with one attached hydrogen (secondary N) is 1.